The van der Waals surface area contributed by atoms with Crippen molar-refractivity contribution in [3.63, 3.8) is 0 Å². The maximum atomic E-state index is 12.5. The SMILES string of the molecule is [C-]#[N+]C[C@H]1CN(c2nc(OC[C@@H]3CCCN3C)nc3c2COC(c2cccc4cccc(Cl)c24)C3)CCN1C(=O)C=C. The molecule has 2 saturated heterocycles. The topological polar surface area (TPSA) is 75.4 Å². The lowest BCUT2D eigenvalue weighted by Gasteiger charge is -2.40. The van der Waals surface area contributed by atoms with Gasteiger partial charge < -0.3 is 29.0 Å². The van der Waals surface area contributed by atoms with Gasteiger partial charge in [-0.2, -0.15) is 9.97 Å². The number of likely N-dealkylation sites (tertiary alicyclic amines) is 1. The van der Waals surface area contributed by atoms with Gasteiger partial charge >= 0.3 is 6.01 Å². The Balaban J connectivity index is 1.34. The molecule has 2 aromatic carbocycles. The van der Waals surface area contributed by atoms with E-state index in [1.807, 2.05) is 18.2 Å². The molecule has 3 aliphatic heterocycles. The number of piperazine rings is 1. The highest BCUT2D eigenvalue weighted by molar-refractivity contribution is 6.35. The summed E-state index contributed by atoms with van der Waals surface area (Å²) in [7, 11) is 2.12. The Kier molecular flexibility index (Phi) is 8.29. The first-order valence-corrected chi connectivity index (χ1v) is 14.9. The van der Waals surface area contributed by atoms with Gasteiger partial charge in [-0.15, -0.1) is 0 Å². The minimum Gasteiger partial charge on any atom is -0.462 e. The van der Waals surface area contributed by atoms with E-state index in [2.05, 4.69) is 46.5 Å². The fourth-order valence-corrected chi connectivity index (χ4v) is 6.72. The first kappa shape index (κ1) is 28.4. The van der Waals surface area contributed by atoms with Crippen molar-refractivity contribution in [2.24, 2.45) is 0 Å². The van der Waals surface area contributed by atoms with Crippen molar-refractivity contribution in [3.05, 3.63) is 82.3 Å². The first-order chi connectivity index (χ1) is 20.5. The normalized spacial score (nSPS) is 22.5. The molecule has 4 heterocycles. The summed E-state index contributed by atoms with van der Waals surface area (Å²) < 4.78 is 12.8. The minimum atomic E-state index is -0.265. The molecular weight excluding hydrogens is 552 g/mol. The predicted octanol–water partition coefficient (Wildman–Crippen LogP) is 4.69. The van der Waals surface area contributed by atoms with Crippen molar-refractivity contribution in [2.45, 2.75) is 44.1 Å². The highest BCUT2D eigenvalue weighted by atomic mass is 35.5. The van der Waals surface area contributed by atoms with E-state index in [0.717, 1.165) is 52.8 Å². The lowest BCUT2D eigenvalue weighted by molar-refractivity contribution is -0.128. The Morgan fingerprint density at radius 1 is 1.21 bits per heavy atom. The lowest BCUT2D eigenvalue weighted by Crippen LogP contribution is -2.56. The van der Waals surface area contributed by atoms with Gasteiger partial charge in [-0.25, -0.2) is 6.57 Å². The van der Waals surface area contributed by atoms with Crippen LogP contribution in [0, 0.1) is 6.57 Å². The van der Waals surface area contributed by atoms with Gasteiger partial charge in [-0.1, -0.05) is 48.5 Å². The average Bonchev–Trinajstić information content (AvgIpc) is 3.43. The highest BCUT2D eigenvalue weighted by Crippen LogP contribution is 2.39. The highest BCUT2D eigenvalue weighted by Gasteiger charge is 2.35. The molecule has 3 aliphatic rings. The monoisotopic (exact) mass is 586 g/mol. The second-order valence-corrected chi connectivity index (χ2v) is 11.6. The maximum Gasteiger partial charge on any atom is 0.318 e. The molecule has 10 heteroatoms. The molecule has 0 aliphatic carbocycles. The molecule has 0 bridgehead atoms. The van der Waals surface area contributed by atoms with Gasteiger partial charge in [0.1, 0.15) is 18.5 Å². The number of hydrogen-bond donors (Lipinski definition) is 0. The van der Waals surface area contributed by atoms with Crippen LogP contribution in [0.4, 0.5) is 5.82 Å². The van der Waals surface area contributed by atoms with E-state index < -0.39 is 0 Å². The molecule has 1 aromatic heterocycles. The molecule has 3 atom stereocenters. The third-order valence-corrected chi connectivity index (χ3v) is 9.02. The Morgan fingerprint density at radius 2 is 2.05 bits per heavy atom. The Morgan fingerprint density at radius 3 is 2.81 bits per heavy atom. The number of anilines is 1. The van der Waals surface area contributed by atoms with E-state index >= 15 is 0 Å². The molecule has 9 nitrogen and oxygen atoms in total. The van der Waals surface area contributed by atoms with Gasteiger partial charge in [-0.05, 0) is 49.5 Å². The fraction of sp³-hybridized carbons (Fsp3) is 0.438. The summed E-state index contributed by atoms with van der Waals surface area (Å²) in [5, 5.41) is 2.76. The van der Waals surface area contributed by atoms with Gasteiger partial charge in [0.05, 0.1) is 18.4 Å². The predicted molar refractivity (Wildman–Crippen MR) is 163 cm³/mol. The van der Waals surface area contributed by atoms with E-state index in [1.165, 1.54) is 6.08 Å². The van der Waals surface area contributed by atoms with Crippen molar-refractivity contribution in [1.29, 1.82) is 0 Å². The molecule has 218 valence electrons. The molecular formula is C32H35ClN6O3. The summed E-state index contributed by atoms with van der Waals surface area (Å²) >= 11 is 6.67. The second kappa shape index (κ2) is 12.3. The summed E-state index contributed by atoms with van der Waals surface area (Å²) in [5.41, 5.74) is 2.85. The summed E-state index contributed by atoms with van der Waals surface area (Å²) in [4.78, 5) is 32.2. The summed E-state index contributed by atoms with van der Waals surface area (Å²) in [6, 6.07) is 12.5. The number of halogens is 1. The minimum absolute atomic E-state index is 0.155. The Labute approximate surface area is 251 Å². The number of amides is 1. The van der Waals surface area contributed by atoms with Crippen LogP contribution >= 0.6 is 11.6 Å². The summed E-state index contributed by atoms with van der Waals surface area (Å²) in [6.07, 6.45) is 3.89. The van der Waals surface area contributed by atoms with Crippen LogP contribution in [0.1, 0.15) is 35.8 Å². The van der Waals surface area contributed by atoms with Gasteiger partial charge in [-0.3, -0.25) is 4.79 Å². The summed E-state index contributed by atoms with van der Waals surface area (Å²) in [6.45, 7) is 14.8. The van der Waals surface area contributed by atoms with Crippen LogP contribution in [0.5, 0.6) is 6.01 Å². The van der Waals surface area contributed by atoms with Gasteiger partial charge in [0, 0.05) is 48.1 Å². The molecule has 0 saturated carbocycles. The standard InChI is InChI=1S/C32H35ClN6O3/c1-4-29(40)39-15-14-38(18-23(39)17-34-2)31-25-20-41-28(24-11-5-8-21-9-6-12-26(33)30(21)24)16-27(25)35-32(36-31)42-19-22-10-7-13-37(22)3/h4-6,8-9,11-12,22-23,28H,1,7,10,13-20H2,3H3/t22-,23-,28?/m0/s1. The Bertz CT molecular complexity index is 1540. The van der Waals surface area contributed by atoms with E-state index in [1.54, 1.807) is 4.90 Å². The molecule has 0 N–H and O–H groups in total. The molecule has 0 spiro atoms. The molecule has 1 amide bonds. The van der Waals surface area contributed by atoms with E-state index in [-0.39, 0.29) is 24.6 Å². The third kappa shape index (κ3) is 5.54. The van der Waals surface area contributed by atoms with Crippen LogP contribution in [-0.4, -0.2) is 84.1 Å². The molecule has 1 unspecified atom stereocenters. The average molecular weight is 587 g/mol. The molecule has 2 fully saturated rings. The van der Waals surface area contributed by atoms with Crippen molar-refractivity contribution in [2.75, 3.05) is 51.3 Å². The lowest BCUT2D eigenvalue weighted by atomic mass is 9.94. The van der Waals surface area contributed by atoms with E-state index in [9.17, 15) is 4.79 Å². The first-order valence-electron chi connectivity index (χ1n) is 14.5. The van der Waals surface area contributed by atoms with Crippen molar-refractivity contribution < 1.29 is 14.3 Å². The zero-order valence-corrected chi connectivity index (χ0v) is 24.6. The van der Waals surface area contributed by atoms with Crippen LogP contribution in [0.15, 0.2) is 49.1 Å². The molecule has 42 heavy (non-hydrogen) atoms. The van der Waals surface area contributed by atoms with Crippen molar-refractivity contribution >= 4 is 34.1 Å². The second-order valence-electron chi connectivity index (χ2n) is 11.2. The summed E-state index contributed by atoms with van der Waals surface area (Å²) in [5.74, 6) is 0.600. The number of rotatable bonds is 7. The fourth-order valence-electron chi connectivity index (χ4n) is 6.42. The number of aromatic nitrogens is 2. The largest absolute Gasteiger partial charge is 0.462 e. The number of benzene rings is 2. The van der Waals surface area contributed by atoms with E-state index in [4.69, 9.17) is 37.6 Å². The van der Waals surface area contributed by atoms with Crippen LogP contribution in [-0.2, 0) is 22.6 Å². The smallest absolute Gasteiger partial charge is 0.318 e. The van der Waals surface area contributed by atoms with Gasteiger partial charge in [0.15, 0.2) is 0 Å². The maximum absolute atomic E-state index is 12.5. The Hall–Kier alpha value is -3.71. The zero-order valence-electron chi connectivity index (χ0n) is 23.8. The van der Waals surface area contributed by atoms with Crippen LogP contribution in [0.3, 0.4) is 0 Å². The number of carbonyl (C=O) groups excluding carboxylic acids is 1. The van der Waals surface area contributed by atoms with Gasteiger partial charge in [0.2, 0.25) is 12.5 Å². The van der Waals surface area contributed by atoms with E-state index in [0.29, 0.717) is 56.3 Å². The molecule has 0 radical (unpaired) electrons. The van der Waals surface area contributed by atoms with Crippen LogP contribution in [0.2, 0.25) is 5.02 Å². The quantitative estimate of drug-likeness (QED) is 0.294. The number of carbonyl (C=O) groups is 1. The van der Waals surface area contributed by atoms with Crippen molar-refractivity contribution in [1.82, 2.24) is 19.8 Å². The van der Waals surface area contributed by atoms with Crippen LogP contribution < -0.4 is 9.64 Å². The number of nitrogens with zero attached hydrogens (tertiary/aromatic N) is 6. The van der Waals surface area contributed by atoms with Gasteiger partial charge in [0.25, 0.3) is 0 Å². The van der Waals surface area contributed by atoms with Crippen LogP contribution in [0.25, 0.3) is 15.6 Å². The third-order valence-electron chi connectivity index (χ3n) is 8.71. The number of likely N-dealkylation sites (N-methyl/N-ethyl adjacent to an activating group) is 1. The number of fused-ring (bicyclic) bond motifs is 2. The van der Waals surface area contributed by atoms with Crippen molar-refractivity contribution in [3.8, 4) is 6.01 Å². The number of ether oxygens (including phenoxy) is 2. The molecule has 3 aromatic rings. The molecule has 6 rings (SSSR count). The number of hydrogen-bond acceptors (Lipinski definition) is 7. The zero-order chi connectivity index (χ0) is 29.2.